The van der Waals surface area contributed by atoms with Crippen molar-refractivity contribution >= 4 is 11.8 Å². The summed E-state index contributed by atoms with van der Waals surface area (Å²) in [6, 6.07) is 0.933. The van der Waals surface area contributed by atoms with Gasteiger partial charge in [-0.15, -0.1) is 6.42 Å². The van der Waals surface area contributed by atoms with Gasteiger partial charge >= 0.3 is 0 Å². The van der Waals surface area contributed by atoms with E-state index in [1.165, 1.54) is 25.7 Å². The fourth-order valence-corrected chi connectivity index (χ4v) is 2.91. The van der Waals surface area contributed by atoms with Crippen LogP contribution in [0.3, 0.4) is 0 Å². The number of thioether (sulfide) groups is 1. The molecule has 1 fully saturated rings. The zero-order chi connectivity index (χ0) is 10.4. The van der Waals surface area contributed by atoms with Gasteiger partial charge in [0.05, 0.1) is 6.04 Å². The third-order valence-corrected chi connectivity index (χ3v) is 4.10. The summed E-state index contributed by atoms with van der Waals surface area (Å²) in [5.74, 6) is 2.81. The molecule has 0 aliphatic heterocycles. The second kappa shape index (κ2) is 6.37. The van der Waals surface area contributed by atoms with Crippen molar-refractivity contribution in [2.75, 3.05) is 6.26 Å². The molecular formula is C12H21NS. The highest BCUT2D eigenvalue weighted by Crippen LogP contribution is 2.27. The molecule has 0 aromatic carbocycles. The molecular weight excluding hydrogens is 190 g/mol. The molecule has 0 heterocycles. The van der Waals surface area contributed by atoms with Crippen molar-refractivity contribution in [1.29, 1.82) is 0 Å². The molecule has 0 radical (unpaired) electrons. The molecule has 0 saturated heterocycles. The molecule has 1 saturated carbocycles. The zero-order valence-corrected chi connectivity index (χ0v) is 10.1. The van der Waals surface area contributed by atoms with E-state index in [1.54, 1.807) is 0 Å². The van der Waals surface area contributed by atoms with Gasteiger partial charge in [-0.25, -0.2) is 0 Å². The maximum Gasteiger partial charge on any atom is 0.0686 e. The summed E-state index contributed by atoms with van der Waals surface area (Å²) in [6.45, 7) is 2.15. The number of terminal acetylenes is 1. The van der Waals surface area contributed by atoms with E-state index in [4.69, 9.17) is 6.42 Å². The van der Waals surface area contributed by atoms with Crippen LogP contribution in [0.1, 0.15) is 39.0 Å². The lowest BCUT2D eigenvalue weighted by Gasteiger charge is -2.30. The molecule has 1 aliphatic rings. The minimum atomic E-state index is 0.278. The van der Waals surface area contributed by atoms with Gasteiger partial charge in [0.25, 0.3) is 0 Å². The van der Waals surface area contributed by atoms with E-state index < -0.39 is 0 Å². The van der Waals surface area contributed by atoms with Crippen molar-refractivity contribution in [3.05, 3.63) is 0 Å². The molecule has 14 heavy (non-hydrogen) atoms. The summed E-state index contributed by atoms with van der Waals surface area (Å²) < 4.78 is 0. The van der Waals surface area contributed by atoms with Crippen LogP contribution in [0.2, 0.25) is 0 Å². The van der Waals surface area contributed by atoms with Crippen LogP contribution < -0.4 is 5.32 Å². The Morgan fingerprint density at radius 3 is 2.93 bits per heavy atom. The lowest BCUT2D eigenvalue weighted by molar-refractivity contribution is 0.362. The summed E-state index contributed by atoms with van der Waals surface area (Å²) in [5.41, 5.74) is 0. The van der Waals surface area contributed by atoms with Gasteiger partial charge in [0.2, 0.25) is 0 Å². The zero-order valence-electron chi connectivity index (χ0n) is 9.25. The van der Waals surface area contributed by atoms with Crippen LogP contribution in [0.25, 0.3) is 0 Å². The van der Waals surface area contributed by atoms with Crippen molar-refractivity contribution in [2.45, 2.75) is 56.4 Å². The lowest BCUT2D eigenvalue weighted by atomic mass is 9.94. The van der Waals surface area contributed by atoms with E-state index >= 15 is 0 Å². The van der Waals surface area contributed by atoms with Crippen LogP contribution in [-0.4, -0.2) is 23.6 Å². The van der Waals surface area contributed by atoms with Crippen molar-refractivity contribution < 1.29 is 0 Å². The third kappa shape index (κ3) is 3.55. The normalized spacial score (nSPS) is 29.5. The van der Waals surface area contributed by atoms with Crippen LogP contribution in [0, 0.1) is 12.3 Å². The van der Waals surface area contributed by atoms with Gasteiger partial charge in [-0.05, 0) is 31.9 Å². The molecule has 1 nitrogen and oxygen atoms in total. The molecule has 0 aromatic rings. The Bertz CT molecular complexity index is 197. The standard InChI is InChI=1S/C12H21NS/c1-4-10(5-2)13-11-7-6-8-12(9-11)14-3/h1,10-13H,5-9H2,2-3H3. The fraction of sp³-hybridized carbons (Fsp3) is 0.833. The highest BCUT2D eigenvalue weighted by atomic mass is 32.2. The Kier molecular flexibility index (Phi) is 5.44. The molecule has 2 heteroatoms. The molecule has 0 aromatic heterocycles. The van der Waals surface area contributed by atoms with E-state index in [9.17, 15) is 0 Å². The fourth-order valence-electron chi connectivity index (χ4n) is 2.08. The molecule has 1 aliphatic carbocycles. The number of nitrogens with one attached hydrogen (secondary N) is 1. The van der Waals surface area contributed by atoms with E-state index in [-0.39, 0.29) is 6.04 Å². The third-order valence-electron chi connectivity index (χ3n) is 3.01. The Balaban J connectivity index is 2.33. The summed E-state index contributed by atoms with van der Waals surface area (Å²) >= 11 is 2.00. The first-order chi connectivity index (χ1) is 6.80. The average Bonchev–Trinajstić information content (AvgIpc) is 2.26. The van der Waals surface area contributed by atoms with Crippen LogP contribution in [0.5, 0.6) is 0 Å². The highest BCUT2D eigenvalue weighted by molar-refractivity contribution is 7.99. The molecule has 1 N–H and O–H groups in total. The number of hydrogen-bond acceptors (Lipinski definition) is 2. The van der Waals surface area contributed by atoms with Gasteiger partial charge in [-0.3, -0.25) is 0 Å². The highest BCUT2D eigenvalue weighted by Gasteiger charge is 2.22. The van der Waals surface area contributed by atoms with Gasteiger partial charge in [0, 0.05) is 11.3 Å². The van der Waals surface area contributed by atoms with E-state index in [1.807, 2.05) is 11.8 Å². The van der Waals surface area contributed by atoms with Crippen molar-refractivity contribution in [3.63, 3.8) is 0 Å². The van der Waals surface area contributed by atoms with E-state index in [0.29, 0.717) is 6.04 Å². The topological polar surface area (TPSA) is 12.0 Å². The Morgan fingerprint density at radius 1 is 1.57 bits per heavy atom. The largest absolute Gasteiger partial charge is 0.301 e. The predicted molar refractivity (Wildman–Crippen MR) is 65.6 cm³/mol. The first kappa shape index (κ1) is 11.9. The lowest BCUT2D eigenvalue weighted by Crippen LogP contribution is -2.40. The van der Waals surface area contributed by atoms with Crippen molar-refractivity contribution in [1.82, 2.24) is 5.32 Å². The SMILES string of the molecule is C#CC(CC)NC1CCCC(SC)C1. The molecule has 0 bridgehead atoms. The number of rotatable bonds is 4. The Morgan fingerprint density at radius 2 is 2.36 bits per heavy atom. The Hall–Kier alpha value is -0.130. The van der Waals surface area contributed by atoms with Gasteiger partial charge in [0.15, 0.2) is 0 Å². The second-order valence-electron chi connectivity index (χ2n) is 4.02. The van der Waals surface area contributed by atoms with Crippen LogP contribution in [0.4, 0.5) is 0 Å². The maximum atomic E-state index is 5.45. The van der Waals surface area contributed by atoms with Crippen molar-refractivity contribution in [2.24, 2.45) is 0 Å². The molecule has 0 spiro atoms. The summed E-state index contributed by atoms with van der Waals surface area (Å²) in [5, 5.41) is 4.41. The van der Waals surface area contributed by atoms with Gasteiger partial charge in [0.1, 0.15) is 0 Å². The first-order valence-corrected chi connectivity index (χ1v) is 6.83. The molecule has 80 valence electrons. The van der Waals surface area contributed by atoms with Gasteiger partial charge in [-0.2, -0.15) is 11.8 Å². The van der Waals surface area contributed by atoms with Crippen LogP contribution >= 0.6 is 11.8 Å². The monoisotopic (exact) mass is 211 g/mol. The van der Waals surface area contributed by atoms with E-state index in [2.05, 4.69) is 24.4 Å². The summed E-state index contributed by atoms with van der Waals surface area (Å²) in [6.07, 6.45) is 14.0. The maximum absolute atomic E-state index is 5.45. The first-order valence-electron chi connectivity index (χ1n) is 5.55. The molecule has 3 unspecified atom stereocenters. The minimum absolute atomic E-state index is 0.278. The number of hydrogen-bond donors (Lipinski definition) is 1. The second-order valence-corrected chi connectivity index (χ2v) is 5.15. The molecule has 0 amide bonds. The van der Waals surface area contributed by atoms with Gasteiger partial charge in [-0.1, -0.05) is 19.3 Å². The minimum Gasteiger partial charge on any atom is -0.301 e. The quantitative estimate of drug-likeness (QED) is 0.718. The summed E-state index contributed by atoms with van der Waals surface area (Å²) in [4.78, 5) is 0. The van der Waals surface area contributed by atoms with E-state index in [0.717, 1.165) is 11.7 Å². The predicted octanol–water partition coefficient (Wildman–Crippen LogP) is 2.66. The summed E-state index contributed by atoms with van der Waals surface area (Å²) in [7, 11) is 0. The van der Waals surface area contributed by atoms with Crippen LogP contribution in [-0.2, 0) is 0 Å². The average molecular weight is 211 g/mol. The van der Waals surface area contributed by atoms with Gasteiger partial charge < -0.3 is 5.32 Å². The Labute approximate surface area is 92.4 Å². The smallest absolute Gasteiger partial charge is 0.0686 e. The molecule has 1 rings (SSSR count). The van der Waals surface area contributed by atoms with Crippen LogP contribution in [0.15, 0.2) is 0 Å². The van der Waals surface area contributed by atoms with Crippen molar-refractivity contribution in [3.8, 4) is 12.3 Å². The molecule has 3 atom stereocenters.